The number of carbonyl (C=O) groups excluding carboxylic acids is 1. The fourth-order valence-corrected chi connectivity index (χ4v) is 0.903. The molecule has 0 aliphatic heterocycles. The van der Waals surface area contributed by atoms with Crippen molar-refractivity contribution in [3.63, 3.8) is 0 Å². The molecule has 2 atom stereocenters. The number of hydrogen-bond donors (Lipinski definition) is 2. The van der Waals surface area contributed by atoms with Crippen LogP contribution in [0.3, 0.4) is 0 Å². The molecule has 0 aromatic carbocycles. The summed E-state index contributed by atoms with van der Waals surface area (Å²) >= 11 is 0. The summed E-state index contributed by atoms with van der Waals surface area (Å²) in [4.78, 5) is 10.4. The lowest BCUT2D eigenvalue weighted by atomic mass is 9.99. The second-order valence-electron chi connectivity index (χ2n) is 3.00. The second-order valence-corrected chi connectivity index (χ2v) is 3.00. The zero-order chi connectivity index (χ0) is 9.56. The molecular formula is C8H17NO3. The average Bonchev–Trinajstić information content (AvgIpc) is 1.98. The standard InChI is InChI=1S/C8H17NO3/c1-6(3-4-12-2)7(10)5-8(9)11/h6-7,10H,3-5H2,1-2H3,(H2,9,11)/t6-,7+/m1/s1. The van der Waals surface area contributed by atoms with Gasteiger partial charge >= 0.3 is 0 Å². The first kappa shape index (κ1) is 11.4. The number of aliphatic hydroxyl groups is 1. The summed E-state index contributed by atoms with van der Waals surface area (Å²) in [7, 11) is 1.60. The predicted molar refractivity (Wildman–Crippen MR) is 45.5 cm³/mol. The van der Waals surface area contributed by atoms with Crippen molar-refractivity contribution in [3.05, 3.63) is 0 Å². The maximum Gasteiger partial charge on any atom is 0.220 e. The maximum absolute atomic E-state index is 10.4. The summed E-state index contributed by atoms with van der Waals surface area (Å²) in [6.45, 7) is 2.46. The van der Waals surface area contributed by atoms with Crippen molar-refractivity contribution in [2.24, 2.45) is 11.7 Å². The van der Waals surface area contributed by atoms with Gasteiger partial charge in [0.1, 0.15) is 0 Å². The van der Waals surface area contributed by atoms with Crippen molar-refractivity contribution in [1.29, 1.82) is 0 Å². The van der Waals surface area contributed by atoms with Crippen LogP contribution in [-0.4, -0.2) is 30.8 Å². The number of hydrogen-bond acceptors (Lipinski definition) is 3. The normalized spacial score (nSPS) is 15.6. The minimum absolute atomic E-state index is 0.0326. The first-order valence-electron chi connectivity index (χ1n) is 4.03. The number of rotatable bonds is 6. The molecule has 0 rings (SSSR count). The highest BCUT2D eigenvalue weighted by Gasteiger charge is 2.15. The largest absolute Gasteiger partial charge is 0.392 e. The number of amides is 1. The number of methoxy groups -OCH3 is 1. The van der Waals surface area contributed by atoms with Crippen molar-refractivity contribution in [3.8, 4) is 0 Å². The van der Waals surface area contributed by atoms with Gasteiger partial charge in [0.15, 0.2) is 0 Å². The van der Waals surface area contributed by atoms with E-state index in [0.29, 0.717) is 6.61 Å². The van der Waals surface area contributed by atoms with E-state index in [0.717, 1.165) is 6.42 Å². The molecule has 12 heavy (non-hydrogen) atoms. The Labute approximate surface area is 72.7 Å². The summed E-state index contributed by atoms with van der Waals surface area (Å²) in [6, 6.07) is 0. The summed E-state index contributed by atoms with van der Waals surface area (Å²) in [5.41, 5.74) is 4.93. The quantitative estimate of drug-likeness (QED) is 0.592. The van der Waals surface area contributed by atoms with Gasteiger partial charge in [-0.25, -0.2) is 0 Å². The highest BCUT2D eigenvalue weighted by atomic mass is 16.5. The molecule has 0 radical (unpaired) electrons. The fraction of sp³-hybridized carbons (Fsp3) is 0.875. The predicted octanol–water partition coefficient (Wildman–Crippen LogP) is -0.105. The van der Waals surface area contributed by atoms with Crippen LogP contribution in [-0.2, 0) is 9.53 Å². The van der Waals surface area contributed by atoms with Gasteiger partial charge in [-0.3, -0.25) is 4.79 Å². The summed E-state index contributed by atoms with van der Waals surface area (Å²) in [5, 5.41) is 9.36. The monoisotopic (exact) mass is 175 g/mol. The lowest BCUT2D eigenvalue weighted by Gasteiger charge is -2.16. The highest BCUT2D eigenvalue weighted by Crippen LogP contribution is 2.10. The number of ether oxygens (including phenoxy) is 1. The van der Waals surface area contributed by atoms with Crippen LogP contribution < -0.4 is 5.73 Å². The van der Waals surface area contributed by atoms with Crippen molar-refractivity contribution in [2.75, 3.05) is 13.7 Å². The molecule has 1 amide bonds. The molecule has 3 N–H and O–H groups in total. The number of primary amides is 1. The van der Waals surface area contributed by atoms with E-state index in [1.807, 2.05) is 6.92 Å². The van der Waals surface area contributed by atoms with Crippen LogP contribution in [0.15, 0.2) is 0 Å². The lowest BCUT2D eigenvalue weighted by molar-refractivity contribution is -0.120. The Morgan fingerprint density at radius 3 is 2.67 bits per heavy atom. The molecule has 0 unspecified atom stereocenters. The van der Waals surface area contributed by atoms with E-state index in [4.69, 9.17) is 10.5 Å². The van der Waals surface area contributed by atoms with Crippen molar-refractivity contribution in [2.45, 2.75) is 25.9 Å². The van der Waals surface area contributed by atoms with Crippen LogP contribution in [0.2, 0.25) is 0 Å². The molecule has 0 bridgehead atoms. The average molecular weight is 175 g/mol. The number of nitrogens with two attached hydrogens (primary N) is 1. The fourth-order valence-electron chi connectivity index (χ4n) is 0.903. The van der Waals surface area contributed by atoms with Gasteiger partial charge in [-0.15, -0.1) is 0 Å². The summed E-state index contributed by atoms with van der Waals surface area (Å²) < 4.78 is 4.84. The first-order chi connectivity index (χ1) is 5.57. The minimum atomic E-state index is -0.641. The Hall–Kier alpha value is -0.610. The Bertz CT molecular complexity index is 138. The van der Waals surface area contributed by atoms with Crippen molar-refractivity contribution >= 4 is 5.91 Å². The van der Waals surface area contributed by atoms with E-state index in [1.165, 1.54) is 0 Å². The third-order valence-corrected chi connectivity index (χ3v) is 1.84. The Kier molecular flexibility index (Phi) is 5.66. The molecule has 0 aromatic heterocycles. The third-order valence-electron chi connectivity index (χ3n) is 1.84. The van der Waals surface area contributed by atoms with Crippen LogP contribution >= 0.6 is 0 Å². The number of aliphatic hydroxyl groups excluding tert-OH is 1. The molecule has 0 saturated heterocycles. The smallest absolute Gasteiger partial charge is 0.220 e. The first-order valence-corrected chi connectivity index (χ1v) is 4.03. The minimum Gasteiger partial charge on any atom is -0.392 e. The SMILES string of the molecule is COCC[C@@H](C)[C@@H](O)CC(N)=O. The zero-order valence-electron chi connectivity index (χ0n) is 7.62. The lowest BCUT2D eigenvalue weighted by Crippen LogP contribution is -2.26. The van der Waals surface area contributed by atoms with Crippen molar-refractivity contribution < 1.29 is 14.6 Å². The molecule has 4 nitrogen and oxygen atoms in total. The Morgan fingerprint density at radius 2 is 2.25 bits per heavy atom. The van der Waals surface area contributed by atoms with Gasteiger partial charge in [0.05, 0.1) is 12.5 Å². The van der Waals surface area contributed by atoms with Gasteiger partial charge in [-0.1, -0.05) is 6.92 Å². The van der Waals surface area contributed by atoms with E-state index in [1.54, 1.807) is 7.11 Å². The second kappa shape index (κ2) is 5.97. The summed E-state index contributed by atoms with van der Waals surface area (Å²) in [5.74, 6) is -0.413. The third kappa shape index (κ3) is 5.09. The molecule has 72 valence electrons. The highest BCUT2D eigenvalue weighted by molar-refractivity contribution is 5.74. The van der Waals surface area contributed by atoms with Gasteiger partial charge in [-0.05, 0) is 12.3 Å². The van der Waals surface area contributed by atoms with Crippen LogP contribution in [0.4, 0.5) is 0 Å². The van der Waals surface area contributed by atoms with E-state index < -0.39 is 12.0 Å². The number of carbonyl (C=O) groups is 1. The van der Waals surface area contributed by atoms with Gasteiger partial charge < -0.3 is 15.6 Å². The molecular weight excluding hydrogens is 158 g/mol. The van der Waals surface area contributed by atoms with Crippen LogP contribution in [0, 0.1) is 5.92 Å². The van der Waals surface area contributed by atoms with Crippen LogP contribution in [0.25, 0.3) is 0 Å². The van der Waals surface area contributed by atoms with Crippen LogP contribution in [0.5, 0.6) is 0 Å². The molecule has 4 heteroatoms. The molecule has 0 heterocycles. The Balaban J connectivity index is 3.60. The van der Waals surface area contributed by atoms with Crippen molar-refractivity contribution in [1.82, 2.24) is 0 Å². The van der Waals surface area contributed by atoms with Gasteiger partial charge in [0.25, 0.3) is 0 Å². The van der Waals surface area contributed by atoms with E-state index >= 15 is 0 Å². The van der Waals surface area contributed by atoms with E-state index in [2.05, 4.69) is 0 Å². The van der Waals surface area contributed by atoms with Gasteiger partial charge in [0.2, 0.25) is 5.91 Å². The van der Waals surface area contributed by atoms with Gasteiger partial charge in [-0.2, -0.15) is 0 Å². The van der Waals surface area contributed by atoms with E-state index in [-0.39, 0.29) is 12.3 Å². The van der Waals surface area contributed by atoms with E-state index in [9.17, 15) is 9.90 Å². The molecule has 0 aromatic rings. The van der Waals surface area contributed by atoms with Crippen LogP contribution in [0.1, 0.15) is 19.8 Å². The van der Waals surface area contributed by atoms with Gasteiger partial charge in [0, 0.05) is 13.7 Å². The zero-order valence-corrected chi connectivity index (χ0v) is 7.62. The summed E-state index contributed by atoms with van der Waals surface area (Å²) in [6.07, 6.45) is 0.133. The molecule has 0 fully saturated rings. The molecule has 0 saturated carbocycles. The molecule has 0 spiro atoms. The Morgan fingerprint density at radius 1 is 1.67 bits per heavy atom. The topological polar surface area (TPSA) is 72.6 Å². The molecule has 0 aliphatic carbocycles. The molecule has 0 aliphatic rings. The maximum atomic E-state index is 10.4.